The number of unbranched alkanes of at least 4 members (excludes halogenated alkanes) is 1. The summed E-state index contributed by atoms with van der Waals surface area (Å²) in [5, 5.41) is 2.88. The number of rotatable bonds is 10. The van der Waals surface area contributed by atoms with Crippen LogP contribution >= 0.6 is 0 Å². The third kappa shape index (κ3) is 6.04. The van der Waals surface area contributed by atoms with Gasteiger partial charge in [-0.25, -0.2) is 8.42 Å². The van der Waals surface area contributed by atoms with E-state index in [-0.39, 0.29) is 22.7 Å². The van der Waals surface area contributed by atoms with Crippen LogP contribution in [0.25, 0.3) is 0 Å². The Morgan fingerprint density at radius 2 is 2.00 bits per heavy atom. The maximum Gasteiger partial charge on any atom is 0.263 e. The second kappa shape index (κ2) is 9.85. The third-order valence-corrected chi connectivity index (χ3v) is 5.55. The minimum Gasteiger partial charge on any atom is -0.379 e. The van der Waals surface area contributed by atoms with Gasteiger partial charge in [0.15, 0.2) is 0 Å². The van der Waals surface area contributed by atoms with E-state index in [1.54, 1.807) is 18.2 Å². The Bertz CT molecular complexity index is 775. The lowest BCUT2D eigenvalue weighted by molar-refractivity contribution is -0.122. The van der Waals surface area contributed by atoms with Crippen LogP contribution in [0, 0.1) is 0 Å². The predicted molar refractivity (Wildman–Crippen MR) is 105 cm³/mol. The van der Waals surface area contributed by atoms with Crippen LogP contribution in [0.5, 0.6) is 0 Å². The van der Waals surface area contributed by atoms with E-state index in [0.29, 0.717) is 25.1 Å². The van der Waals surface area contributed by atoms with Gasteiger partial charge in [0.1, 0.15) is 11.9 Å². The highest BCUT2D eigenvalue weighted by molar-refractivity contribution is 7.90. The SMILES string of the molecule is CCCCC(N=C1NS(=O)(=O)c2ccccc21)C(=O)NCCCOC(C)C. The van der Waals surface area contributed by atoms with Crippen LogP contribution in [0.15, 0.2) is 34.2 Å². The number of hydrogen-bond acceptors (Lipinski definition) is 5. The molecule has 1 heterocycles. The van der Waals surface area contributed by atoms with Crippen LogP contribution in [-0.4, -0.2) is 45.5 Å². The number of ether oxygens (including phenoxy) is 1. The summed E-state index contributed by atoms with van der Waals surface area (Å²) >= 11 is 0. The molecule has 2 rings (SSSR count). The topological polar surface area (TPSA) is 96.9 Å². The summed E-state index contributed by atoms with van der Waals surface area (Å²) in [6, 6.07) is 6.04. The molecule has 0 radical (unpaired) electrons. The first kappa shape index (κ1) is 21.4. The highest BCUT2D eigenvalue weighted by Crippen LogP contribution is 2.23. The summed E-state index contributed by atoms with van der Waals surface area (Å²) in [6.07, 6.45) is 3.22. The zero-order valence-corrected chi connectivity index (χ0v) is 17.0. The minimum absolute atomic E-state index is 0.167. The summed E-state index contributed by atoms with van der Waals surface area (Å²) in [4.78, 5) is 17.2. The van der Waals surface area contributed by atoms with Gasteiger partial charge in [0, 0.05) is 18.7 Å². The molecule has 1 aliphatic heterocycles. The standard InChI is InChI=1S/C19H29N3O4S/c1-4-5-10-16(19(23)20-12-8-13-26-14(2)3)21-18-15-9-6-7-11-17(15)27(24,25)22-18/h6-7,9,11,14,16H,4-5,8,10,12-13H2,1-3H3,(H,20,23)(H,21,22). The van der Waals surface area contributed by atoms with Gasteiger partial charge in [-0.2, -0.15) is 0 Å². The van der Waals surface area contributed by atoms with E-state index < -0.39 is 16.1 Å². The monoisotopic (exact) mass is 395 g/mol. The molecule has 150 valence electrons. The van der Waals surface area contributed by atoms with Crippen molar-refractivity contribution in [2.24, 2.45) is 4.99 Å². The molecule has 8 heteroatoms. The zero-order chi connectivity index (χ0) is 19.9. The van der Waals surface area contributed by atoms with E-state index in [1.165, 1.54) is 6.07 Å². The van der Waals surface area contributed by atoms with E-state index in [1.807, 2.05) is 20.8 Å². The molecule has 1 aromatic carbocycles. The number of nitrogens with zero attached hydrogens (tertiary/aromatic N) is 1. The Kier molecular flexibility index (Phi) is 7.79. The fourth-order valence-corrected chi connectivity index (χ4v) is 4.00. The van der Waals surface area contributed by atoms with Crippen LogP contribution in [0.2, 0.25) is 0 Å². The van der Waals surface area contributed by atoms with Gasteiger partial charge >= 0.3 is 0 Å². The second-order valence-corrected chi connectivity index (χ2v) is 8.45. The number of hydrogen-bond donors (Lipinski definition) is 2. The fourth-order valence-electron chi connectivity index (χ4n) is 2.76. The van der Waals surface area contributed by atoms with E-state index >= 15 is 0 Å². The van der Waals surface area contributed by atoms with Crippen LogP contribution in [0.1, 0.15) is 52.0 Å². The van der Waals surface area contributed by atoms with Crippen molar-refractivity contribution in [2.75, 3.05) is 13.2 Å². The molecule has 0 spiro atoms. The molecule has 0 saturated heterocycles. The molecule has 0 bridgehead atoms. The van der Waals surface area contributed by atoms with Crippen molar-refractivity contribution < 1.29 is 17.9 Å². The molecule has 1 aliphatic rings. The number of amidine groups is 1. The van der Waals surface area contributed by atoms with Gasteiger partial charge in [-0.1, -0.05) is 31.9 Å². The molecule has 0 saturated carbocycles. The molecular formula is C19H29N3O4S. The van der Waals surface area contributed by atoms with E-state index in [9.17, 15) is 13.2 Å². The van der Waals surface area contributed by atoms with Gasteiger partial charge in [-0.05, 0) is 38.8 Å². The lowest BCUT2D eigenvalue weighted by Gasteiger charge is -2.14. The highest BCUT2D eigenvalue weighted by Gasteiger charge is 2.31. The predicted octanol–water partition coefficient (Wildman–Crippen LogP) is 2.22. The molecule has 0 aromatic heterocycles. The summed E-state index contributed by atoms with van der Waals surface area (Å²) in [6.45, 7) is 7.06. The summed E-state index contributed by atoms with van der Waals surface area (Å²) in [5.74, 6) is 0.0501. The summed E-state index contributed by atoms with van der Waals surface area (Å²) in [5.41, 5.74) is 0.511. The normalized spacial score (nSPS) is 17.6. The number of carbonyl (C=O) groups excluding carboxylic acids is 1. The molecule has 1 unspecified atom stereocenters. The molecule has 1 amide bonds. The van der Waals surface area contributed by atoms with Gasteiger partial charge < -0.3 is 10.1 Å². The number of benzene rings is 1. The lowest BCUT2D eigenvalue weighted by Crippen LogP contribution is -2.36. The number of nitrogens with one attached hydrogen (secondary N) is 2. The Hall–Kier alpha value is -1.93. The smallest absolute Gasteiger partial charge is 0.263 e. The van der Waals surface area contributed by atoms with Crippen molar-refractivity contribution in [3.8, 4) is 0 Å². The summed E-state index contributed by atoms with van der Waals surface area (Å²) in [7, 11) is -3.61. The lowest BCUT2D eigenvalue weighted by atomic mass is 10.1. The molecule has 1 aromatic rings. The van der Waals surface area contributed by atoms with Gasteiger partial charge in [0.05, 0.1) is 11.0 Å². The molecule has 1 atom stereocenters. The fraction of sp³-hybridized carbons (Fsp3) is 0.579. The Balaban J connectivity index is 2.08. The van der Waals surface area contributed by atoms with Gasteiger partial charge in [0.25, 0.3) is 10.0 Å². The number of amides is 1. The number of carbonyl (C=O) groups is 1. The minimum atomic E-state index is -3.61. The van der Waals surface area contributed by atoms with Crippen LogP contribution in [-0.2, 0) is 19.6 Å². The molecule has 27 heavy (non-hydrogen) atoms. The van der Waals surface area contributed by atoms with Crippen LogP contribution in [0.3, 0.4) is 0 Å². The first-order chi connectivity index (χ1) is 12.8. The van der Waals surface area contributed by atoms with E-state index in [2.05, 4.69) is 15.0 Å². The highest BCUT2D eigenvalue weighted by atomic mass is 32.2. The van der Waals surface area contributed by atoms with Crippen molar-refractivity contribution >= 4 is 21.8 Å². The summed E-state index contributed by atoms with van der Waals surface area (Å²) < 4.78 is 32.4. The number of sulfonamides is 1. The average molecular weight is 396 g/mol. The Morgan fingerprint density at radius 1 is 1.26 bits per heavy atom. The maximum absolute atomic E-state index is 12.6. The maximum atomic E-state index is 12.6. The molecule has 7 nitrogen and oxygen atoms in total. The molecule has 0 fully saturated rings. The first-order valence-electron chi connectivity index (χ1n) is 9.44. The second-order valence-electron chi connectivity index (χ2n) is 6.80. The van der Waals surface area contributed by atoms with Crippen LogP contribution in [0.4, 0.5) is 0 Å². The largest absolute Gasteiger partial charge is 0.379 e. The first-order valence-corrected chi connectivity index (χ1v) is 10.9. The van der Waals surface area contributed by atoms with Crippen molar-refractivity contribution in [3.05, 3.63) is 29.8 Å². The number of aliphatic imine (C=N–C) groups is 1. The number of fused-ring (bicyclic) bond motifs is 1. The van der Waals surface area contributed by atoms with Gasteiger partial charge in [0.2, 0.25) is 5.91 Å². The Morgan fingerprint density at radius 3 is 2.70 bits per heavy atom. The van der Waals surface area contributed by atoms with E-state index in [0.717, 1.165) is 19.3 Å². The zero-order valence-electron chi connectivity index (χ0n) is 16.2. The Labute approximate surface area is 161 Å². The van der Waals surface area contributed by atoms with Crippen molar-refractivity contribution in [2.45, 2.75) is 63.5 Å². The molecule has 0 aliphatic carbocycles. The van der Waals surface area contributed by atoms with Crippen molar-refractivity contribution in [1.29, 1.82) is 0 Å². The average Bonchev–Trinajstić information content (AvgIpc) is 2.88. The van der Waals surface area contributed by atoms with E-state index in [4.69, 9.17) is 4.74 Å². The van der Waals surface area contributed by atoms with Crippen LogP contribution < -0.4 is 10.0 Å². The van der Waals surface area contributed by atoms with Gasteiger partial charge in [-0.15, -0.1) is 0 Å². The third-order valence-electron chi connectivity index (χ3n) is 4.15. The molecular weight excluding hydrogens is 366 g/mol. The molecule has 2 N–H and O–H groups in total. The van der Waals surface area contributed by atoms with Crippen molar-refractivity contribution in [1.82, 2.24) is 10.0 Å². The quantitative estimate of drug-likeness (QED) is 0.594. The van der Waals surface area contributed by atoms with Crippen molar-refractivity contribution in [3.63, 3.8) is 0 Å². The van der Waals surface area contributed by atoms with Gasteiger partial charge in [-0.3, -0.25) is 14.5 Å².